The van der Waals surface area contributed by atoms with Gasteiger partial charge in [0.1, 0.15) is 5.03 Å². The first-order chi connectivity index (χ1) is 5.42. The molecule has 0 saturated heterocycles. The molecule has 0 atom stereocenters. The van der Waals surface area contributed by atoms with Gasteiger partial charge in [-0.1, -0.05) is 58.0 Å². The zero-order chi connectivity index (χ0) is 9.52. The van der Waals surface area contributed by atoms with Gasteiger partial charge in [-0.05, 0) is 0 Å². The van der Waals surface area contributed by atoms with Crippen LogP contribution in [0.5, 0.6) is 0 Å². The number of halogens is 5. The Morgan fingerprint density at radius 1 is 1.08 bits per heavy atom. The molecule has 0 radical (unpaired) electrons. The monoisotopic (exact) mass is 266 g/mol. The van der Waals surface area contributed by atoms with E-state index in [0.29, 0.717) is 0 Å². The van der Waals surface area contributed by atoms with E-state index in [9.17, 15) is 0 Å². The van der Waals surface area contributed by atoms with Crippen LogP contribution >= 0.6 is 58.0 Å². The SMILES string of the molecule is COC1=C(Cl)C(Cl)=C(Cl)C1(Cl)Cl. The lowest BCUT2D eigenvalue weighted by molar-refractivity contribution is 0.281. The second-order valence-corrected chi connectivity index (χ2v) is 4.51. The van der Waals surface area contributed by atoms with Crippen LogP contribution in [0.25, 0.3) is 0 Å². The van der Waals surface area contributed by atoms with Crippen molar-refractivity contribution in [2.24, 2.45) is 0 Å². The van der Waals surface area contributed by atoms with Crippen molar-refractivity contribution in [2.45, 2.75) is 4.33 Å². The van der Waals surface area contributed by atoms with E-state index in [0.717, 1.165) is 0 Å². The summed E-state index contributed by atoms with van der Waals surface area (Å²) in [6, 6.07) is 0. The second-order valence-electron chi connectivity index (χ2n) is 2.05. The third kappa shape index (κ3) is 1.42. The summed E-state index contributed by atoms with van der Waals surface area (Å²) in [5, 5.41) is 0.337. The Hall–Kier alpha value is 0.730. The van der Waals surface area contributed by atoms with Crippen LogP contribution in [0.4, 0.5) is 0 Å². The molecule has 0 amide bonds. The molecule has 68 valence electrons. The Labute approximate surface area is 94.8 Å². The summed E-state index contributed by atoms with van der Waals surface area (Å²) in [5.41, 5.74) is 0. The third-order valence-electron chi connectivity index (χ3n) is 1.35. The van der Waals surface area contributed by atoms with Crippen molar-refractivity contribution in [2.75, 3.05) is 7.11 Å². The largest absolute Gasteiger partial charge is 0.496 e. The van der Waals surface area contributed by atoms with E-state index in [4.69, 9.17) is 62.7 Å². The number of allylic oxidation sites excluding steroid dienone is 3. The van der Waals surface area contributed by atoms with Gasteiger partial charge in [0.25, 0.3) is 0 Å². The summed E-state index contributed by atoms with van der Waals surface area (Å²) in [6.45, 7) is 0. The quantitative estimate of drug-likeness (QED) is 0.654. The zero-order valence-electron chi connectivity index (χ0n) is 5.80. The van der Waals surface area contributed by atoms with Gasteiger partial charge in [-0.2, -0.15) is 0 Å². The number of hydrogen-bond donors (Lipinski definition) is 0. The van der Waals surface area contributed by atoms with E-state index in [1.165, 1.54) is 7.11 Å². The van der Waals surface area contributed by atoms with Gasteiger partial charge in [0.15, 0.2) is 5.76 Å². The summed E-state index contributed by atoms with van der Waals surface area (Å²) < 4.78 is 3.40. The molecule has 1 nitrogen and oxygen atoms in total. The first-order valence-electron chi connectivity index (χ1n) is 2.81. The van der Waals surface area contributed by atoms with E-state index in [1.807, 2.05) is 0 Å². The van der Waals surface area contributed by atoms with Gasteiger partial charge in [0.2, 0.25) is 4.33 Å². The average Bonchev–Trinajstić information content (AvgIpc) is 2.13. The van der Waals surface area contributed by atoms with Crippen LogP contribution in [-0.4, -0.2) is 11.4 Å². The summed E-state index contributed by atoms with van der Waals surface area (Å²) in [6.07, 6.45) is 0. The smallest absolute Gasteiger partial charge is 0.212 e. The van der Waals surface area contributed by atoms with E-state index >= 15 is 0 Å². The summed E-state index contributed by atoms with van der Waals surface area (Å²) in [7, 11) is 1.39. The Bertz CT molecular complexity index is 278. The average molecular weight is 268 g/mol. The van der Waals surface area contributed by atoms with Crippen LogP contribution in [-0.2, 0) is 4.74 Å². The lowest BCUT2D eigenvalue weighted by atomic mass is 10.4. The molecule has 0 aromatic carbocycles. The highest BCUT2D eigenvalue weighted by atomic mass is 35.5. The first kappa shape index (κ1) is 10.8. The molecule has 0 saturated carbocycles. The fourth-order valence-electron chi connectivity index (χ4n) is 0.789. The molecular weight excluding hydrogens is 265 g/mol. The van der Waals surface area contributed by atoms with Crippen molar-refractivity contribution in [3.8, 4) is 0 Å². The minimum atomic E-state index is -1.45. The van der Waals surface area contributed by atoms with Crippen LogP contribution in [0.15, 0.2) is 20.9 Å². The minimum Gasteiger partial charge on any atom is -0.496 e. The molecule has 0 fully saturated rings. The fraction of sp³-hybridized carbons (Fsp3) is 0.333. The molecule has 0 N–H and O–H groups in total. The molecule has 0 spiro atoms. The first-order valence-corrected chi connectivity index (χ1v) is 4.70. The highest BCUT2D eigenvalue weighted by Crippen LogP contribution is 2.52. The van der Waals surface area contributed by atoms with E-state index < -0.39 is 4.33 Å². The predicted octanol–water partition coefficient (Wildman–Crippen LogP) is 3.96. The molecule has 12 heavy (non-hydrogen) atoms. The molecule has 0 heterocycles. The maximum absolute atomic E-state index is 5.80. The highest BCUT2D eigenvalue weighted by Gasteiger charge is 2.44. The highest BCUT2D eigenvalue weighted by molar-refractivity contribution is 6.62. The van der Waals surface area contributed by atoms with Crippen molar-refractivity contribution >= 4 is 58.0 Å². The lowest BCUT2D eigenvalue weighted by Crippen LogP contribution is -2.14. The summed E-state index contributed by atoms with van der Waals surface area (Å²) in [5.74, 6) is 0.155. The van der Waals surface area contributed by atoms with Crippen molar-refractivity contribution in [1.82, 2.24) is 0 Å². The second kappa shape index (κ2) is 3.47. The van der Waals surface area contributed by atoms with Crippen molar-refractivity contribution in [3.63, 3.8) is 0 Å². The number of ether oxygens (including phenoxy) is 1. The molecule has 1 aliphatic carbocycles. The fourth-order valence-corrected chi connectivity index (χ4v) is 2.28. The summed E-state index contributed by atoms with van der Waals surface area (Å²) in [4.78, 5) is 0. The van der Waals surface area contributed by atoms with Gasteiger partial charge in [0.05, 0.1) is 17.2 Å². The molecule has 1 rings (SSSR count). The van der Waals surface area contributed by atoms with Crippen molar-refractivity contribution in [3.05, 3.63) is 20.9 Å². The van der Waals surface area contributed by atoms with E-state index in [-0.39, 0.29) is 20.9 Å². The van der Waals surface area contributed by atoms with Crippen molar-refractivity contribution in [1.29, 1.82) is 0 Å². The zero-order valence-corrected chi connectivity index (χ0v) is 9.58. The lowest BCUT2D eigenvalue weighted by Gasteiger charge is -2.16. The molecule has 0 unspecified atom stereocenters. The van der Waals surface area contributed by atoms with Gasteiger partial charge in [-0.25, -0.2) is 0 Å². The number of hydrogen-bond acceptors (Lipinski definition) is 1. The standard InChI is InChI=1S/C6H3Cl5O/c1-12-5-3(8)2(7)4(9)6(5,10)11/h1H3. The summed E-state index contributed by atoms with van der Waals surface area (Å²) >= 11 is 28.7. The molecule has 6 heteroatoms. The van der Waals surface area contributed by atoms with Gasteiger partial charge in [0, 0.05) is 0 Å². The molecule has 0 aliphatic heterocycles. The number of alkyl halides is 2. The molecule has 1 aliphatic rings. The Morgan fingerprint density at radius 2 is 1.58 bits per heavy atom. The topological polar surface area (TPSA) is 9.23 Å². The van der Waals surface area contributed by atoms with Crippen LogP contribution in [0.3, 0.4) is 0 Å². The molecule has 0 aromatic rings. The molecular formula is C6H3Cl5O. The minimum absolute atomic E-state index is 0.0642. The van der Waals surface area contributed by atoms with Crippen LogP contribution in [0.1, 0.15) is 0 Å². The maximum atomic E-state index is 5.80. The normalized spacial score (nSPS) is 22.2. The Kier molecular flexibility index (Phi) is 3.12. The van der Waals surface area contributed by atoms with Crippen LogP contribution < -0.4 is 0 Å². The van der Waals surface area contributed by atoms with E-state index in [1.54, 1.807) is 0 Å². The van der Waals surface area contributed by atoms with Gasteiger partial charge in [-0.15, -0.1) is 0 Å². The molecule has 0 aromatic heterocycles. The maximum Gasteiger partial charge on any atom is 0.212 e. The van der Waals surface area contributed by atoms with Gasteiger partial charge < -0.3 is 4.74 Å². The Morgan fingerprint density at radius 3 is 1.75 bits per heavy atom. The van der Waals surface area contributed by atoms with Crippen molar-refractivity contribution < 1.29 is 4.74 Å². The molecule has 0 bridgehead atoms. The third-order valence-corrected chi connectivity index (χ3v) is 3.67. The van der Waals surface area contributed by atoms with Gasteiger partial charge >= 0.3 is 0 Å². The van der Waals surface area contributed by atoms with Crippen LogP contribution in [0, 0.1) is 0 Å². The van der Waals surface area contributed by atoms with E-state index in [2.05, 4.69) is 0 Å². The predicted molar refractivity (Wildman–Crippen MR) is 53.1 cm³/mol. The van der Waals surface area contributed by atoms with Crippen LogP contribution in [0.2, 0.25) is 0 Å². The van der Waals surface area contributed by atoms with Gasteiger partial charge in [-0.3, -0.25) is 0 Å². The number of rotatable bonds is 1. The Balaban J connectivity index is 3.23. The number of methoxy groups -OCH3 is 1.